The molecule has 6 heteroatoms. The smallest absolute Gasteiger partial charge is 0.0656 e. The molecule has 4 nitrogen and oxygen atoms in total. The predicted molar refractivity (Wildman–Crippen MR) is 83.1 cm³/mol. The maximum Gasteiger partial charge on any atom is 0.0656 e. The first kappa shape index (κ1) is 17.7. The average molecular weight is 321 g/mol. The van der Waals surface area contributed by atoms with E-state index in [1.807, 2.05) is 19.1 Å². The van der Waals surface area contributed by atoms with Crippen LogP contribution in [0.4, 0.5) is 0 Å². The van der Waals surface area contributed by atoms with Crippen LogP contribution in [0.25, 0.3) is 0 Å². The summed E-state index contributed by atoms with van der Waals surface area (Å²) in [6.07, 6.45) is 0.946. The third-order valence-electron chi connectivity index (χ3n) is 2.74. The number of rotatable bonds is 10. The third-order valence-corrected chi connectivity index (χ3v) is 3.47. The van der Waals surface area contributed by atoms with Crippen LogP contribution in [0.1, 0.15) is 18.9 Å². The molecule has 0 saturated heterocycles. The van der Waals surface area contributed by atoms with Crippen molar-refractivity contribution in [2.24, 2.45) is 0 Å². The lowest BCUT2D eigenvalue weighted by atomic mass is 10.2. The minimum atomic E-state index is 0.108. The van der Waals surface area contributed by atoms with Gasteiger partial charge in [-0.3, -0.25) is 4.84 Å². The Morgan fingerprint density at radius 2 is 2.05 bits per heavy atom. The SMILES string of the molecule is CCON(CCO)CCCNCc1ccc(Cl)c(Cl)c1. The fourth-order valence-electron chi connectivity index (χ4n) is 1.80. The van der Waals surface area contributed by atoms with E-state index in [1.54, 1.807) is 11.1 Å². The van der Waals surface area contributed by atoms with Gasteiger partial charge in [-0.15, -0.1) is 0 Å². The van der Waals surface area contributed by atoms with E-state index < -0.39 is 0 Å². The lowest BCUT2D eigenvalue weighted by Crippen LogP contribution is -2.30. The van der Waals surface area contributed by atoms with Gasteiger partial charge in [-0.05, 0) is 37.6 Å². The van der Waals surface area contributed by atoms with Crippen LogP contribution < -0.4 is 5.32 Å². The van der Waals surface area contributed by atoms with E-state index in [0.29, 0.717) is 23.2 Å². The first-order chi connectivity index (χ1) is 9.67. The molecule has 0 aliphatic heterocycles. The number of halogens is 2. The lowest BCUT2D eigenvalue weighted by molar-refractivity contribution is -0.159. The summed E-state index contributed by atoms with van der Waals surface area (Å²) in [5.74, 6) is 0. The summed E-state index contributed by atoms with van der Waals surface area (Å²) in [5.41, 5.74) is 1.11. The highest BCUT2D eigenvalue weighted by Gasteiger charge is 2.03. The standard InChI is InChI=1S/C14H22Cl2N2O2/c1-2-20-18(8-9-19)7-3-6-17-11-12-4-5-13(15)14(16)10-12/h4-5,10,17,19H,2-3,6-9,11H2,1H3. The molecule has 1 aromatic rings. The molecule has 0 amide bonds. The van der Waals surface area contributed by atoms with Crippen molar-refractivity contribution in [1.29, 1.82) is 0 Å². The van der Waals surface area contributed by atoms with Crippen LogP contribution in [-0.4, -0.2) is 43.0 Å². The van der Waals surface area contributed by atoms with Gasteiger partial charge >= 0.3 is 0 Å². The molecule has 1 rings (SSSR count). The third kappa shape index (κ3) is 6.88. The Morgan fingerprint density at radius 3 is 2.70 bits per heavy atom. The van der Waals surface area contributed by atoms with Gasteiger partial charge < -0.3 is 10.4 Å². The number of hydroxylamine groups is 2. The number of nitrogens with zero attached hydrogens (tertiary/aromatic N) is 1. The fourth-order valence-corrected chi connectivity index (χ4v) is 2.12. The van der Waals surface area contributed by atoms with Crippen molar-refractivity contribution in [3.05, 3.63) is 33.8 Å². The number of aliphatic hydroxyl groups excluding tert-OH is 1. The summed E-state index contributed by atoms with van der Waals surface area (Å²) in [6, 6.07) is 5.63. The summed E-state index contributed by atoms with van der Waals surface area (Å²) in [4.78, 5) is 5.39. The van der Waals surface area contributed by atoms with Gasteiger partial charge in [0.05, 0.1) is 23.3 Å². The lowest BCUT2D eigenvalue weighted by Gasteiger charge is -2.19. The molecular weight excluding hydrogens is 299 g/mol. The molecule has 0 radical (unpaired) electrons. The van der Waals surface area contributed by atoms with E-state index in [0.717, 1.165) is 31.6 Å². The molecule has 114 valence electrons. The summed E-state index contributed by atoms with van der Waals surface area (Å²) >= 11 is 11.8. The highest BCUT2D eigenvalue weighted by Crippen LogP contribution is 2.22. The molecule has 0 unspecified atom stereocenters. The Balaban J connectivity index is 2.19. The molecule has 0 spiro atoms. The van der Waals surface area contributed by atoms with Crippen molar-refractivity contribution in [3.63, 3.8) is 0 Å². The topological polar surface area (TPSA) is 44.7 Å². The Kier molecular flexibility index (Phi) is 9.18. The second-order valence-corrected chi connectivity index (χ2v) is 5.16. The zero-order chi connectivity index (χ0) is 14.8. The second kappa shape index (κ2) is 10.4. The summed E-state index contributed by atoms with van der Waals surface area (Å²) in [7, 11) is 0. The monoisotopic (exact) mass is 320 g/mol. The highest BCUT2D eigenvalue weighted by molar-refractivity contribution is 6.42. The molecule has 0 heterocycles. The maximum absolute atomic E-state index is 8.90. The van der Waals surface area contributed by atoms with Crippen LogP contribution in [0.2, 0.25) is 10.0 Å². The Labute approximate surface area is 130 Å². The molecule has 0 atom stereocenters. The quantitative estimate of drug-likeness (QED) is 0.514. The van der Waals surface area contributed by atoms with Crippen molar-refractivity contribution in [2.75, 3.05) is 32.8 Å². The first-order valence-corrected chi connectivity index (χ1v) is 7.56. The van der Waals surface area contributed by atoms with Crippen molar-refractivity contribution < 1.29 is 9.94 Å². The van der Waals surface area contributed by atoms with Crippen LogP contribution in [-0.2, 0) is 11.4 Å². The van der Waals surface area contributed by atoms with Crippen LogP contribution in [0.15, 0.2) is 18.2 Å². The van der Waals surface area contributed by atoms with Crippen LogP contribution >= 0.6 is 23.2 Å². The molecule has 20 heavy (non-hydrogen) atoms. The van der Waals surface area contributed by atoms with Crippen LogP contribution in [0.5, 0.6) is 0 Å². The van der Waals surface area contributed by atoms with E-state index in [4.69, 9.17) is 33.1 Å². The van der Waals surface area contributed by atoms with Crippen LogP contribution in [0.3, 0.4) is 0 Å². The van der Waals surface area contributed by atoms with E-state index >= 15 is 0 Å². The fraction of sp³-hybridized carbons (Fsp3) is 0.571. The summed E-state index contributed by atoms with van der Waals surface area (Å²) in [6.45, 7) is 5.63. The number of benzene rings is 1. The van der Waals surface area contributed by atoms with Gasteiger partial charge in [0.2, 0.25) is 0 Å². The van der Waals surface area contributed by atoms with Gasteiger partial charge in [-0.2, -0.15) is 5.06 Å². The first-order valence-electron chi connectivity index (χ1n) is 6.80. The van der Waals surface area contributed by atoms with Gasteiger partial charge in [-0.25, -0.2) is 0 Å². The minimum absolute atomic E-state index is 0.108. The van der Waals surface area contributed by atoms with Crippen molar-refractivity contribution in [3.8, 4) is 0 Å². The van der Waals surface area contributed by atoms with Gasteiger partial charge in [0.25, 0.3) is 0 Å². The summed E-state index contributed by atoms with van der Waals surface area (Å²) < 4.78 is 0. The molecule has 0 aromatic heterocycles. The minimum Gasteiger partial charge on any atom is -0.395 e. The molecule has 0 aliphatic carbocycles. The molecule has 0 aliphatic rings. The van der Waals surface area contributed by atoms with Gasteiger partial charge in [-0.1, -0.05) is 29.3 Å². The number of nitrogens with one attached hydrogen (secondary N) is 1. The Morgan fingerprint density at radius 1 is 1.25 bits per heavy atom. The van der Waals surface area contributed by atoms with Gasteiger partial charge in [0.15, 0.2) is 0 Å². The summed E-state index contributed by atoms with van der Waals surface area (Å²) in [5, 5.41) is 15.2. The Bertz CT molecular complexity index is 385. The maximum atomic E-state index is 8.90. The largest absolute Gasteiger partial charge is 0.395 e. The number of hydrogen-bond acceptors (Lipinski definition) is 4. The Hall–Kier alpha value is -0.360. The van der Waals surface area contributed by atoms with E-state index in [-0.39, 0.29) is 6.61 Å². The van der Waals surface area contributed by atoms with Crippen LogP contribution in [0, 0.1) is 0 Å². The van der Waals surface area contributed by atoms with Crippen molar-refractivity contribution in [1.82, 2.24) is 10.4 Å². The highest BCUT2D eigenvalue weighted by atomic mass is 35.5. The van der Waals surface area contributed by atoms with Gasteiger partial charge in [0, 0.05) is 19.6 Å². The zero-order valence-corrected chi connectivity index (χ0v) is 13.3. The molecule has 0 saturated carbocycles. The second-order valence-electron chi connectivity index (χ2n) is 4.35. The number of aliphatic hydroxyl groups is 1. The van der Waals surface area contributed by atoms with Crippen molar-refractivity contribution in [2.45, 2.75) is 19.9 Å². The molecule has 0 fully saturated rings. The average Bonchev–Trinajstić information content (AvgIpc) is 2.43. The van der Waals surface area contributed by atoms with Crippen molar-refractivity contribution >= 4 is 23.2 Å². The molecular formula is C14H22Cl2N2O2. The van der Waals surface area contributed by atoms with E-state index in [1.165, 1.54) is 0 Å². The predicted octanol–water partition coefficient (Wildman–Crippen LogP) is 2.72. The zero-order valence-electron chi connectivity index (χ0n) is 11.7. The van der Waals surface area contributed by atoms with E-state index in [9.17, 15) is 0 Å². The van der Waals surface area contributed by atoms with Gasteiger partial charge in [0.1, 0.15) is 0 Å². The molecule has 2 N–H and O–H groups in total. The number of hydrogen-bond donors (Lipinski definition) is 2. The molecule has 0 bridgehead atoms. The van der Waals surface area contributed by atoms with E-state index in [2.05, 4.69) is 5.32 Å². The molecule has 1 aromatic carbocycles. The normalized spacial score (nSPS) is 11.2.